The first-order valence-electron chi connectivity index (χ1n) is 8.25. The van der Waals surface area contributed by atoms with Crippen LogP contribution in [-0.2, 0) is 0 Å². The van der Waals surface area contributed by atoms with Crippen molar-refractivity contribution in [2.45, 2.75) is 0 Å². The first-order valence-corrected chi connectivity index (χ1v) is 8.25. The summed E-state index contributed by atoms with van der Waals surface area (Å²) in [5.41, 5.74) is -2.69. The summed E-state index contributed by atoms with van der Waals surface area (Å²) < 4.78 is 133. The zero-order valence-corrected chi connectivity index (χ0v) is 15.1. The van der Waals surface area contributed by atoms with Gasteiger partial charge >= 0.3 is 0 Å². The number of benzene rings is 2. The molecule has 0 aliphatic carbocycles. The summed E-state index contributed by atoms with van der Waals surface area (Å²) in [4.78, 5) is 7.44. The van der Waals surface area contributed by atoms with Crippen LogP contribution in [0, 0.1) is 58.2 Å². The molecule has 0 saturated carbocycles. The molecule has 1 aromatic heterocycles. The molecule has 0 aliphatic heterocycles. The van der Waals surface area contributed by atoms with Gasteiger partial charge in [-0.2, -0.15) is 0 Å². The van der Waals surface area contributed by atoms with Crippen molar-refractivity contribution in [1.82, 2.24) is 9.97 Å². The van der Waals surface area contributed by atoms with Crippen molar-refractivity contribution >= 4 is 24.3 Å². The fourth-order valence-electron chi connectivity index (χ4n) is 2.39. The van der Waals surface area contributed by atoms with E-state index in [1.54, 1.807) is 0 Å². The number of halogens is 10. The molecule has 0 aliphatic rings. The lowest BCUT2D eigenvalue weighted by molar-refractivity contribution is 0.377. The van der Waals surface area contributed by atoms with Crippen molar-refractivity contribution in [3.63, 3.8) is 0 Å². The van der Waals surface area contributed by atoms with Gasteiger partial charge in [0.15, 0.2) is 46.5 Å². The first-order chi connectivity index (χ1) is 15.0. The number of hydrogen-bond acceptors (Lipinski definition) is 2. The van der Waals surface area contributed by atoms with Crippen molar-refractivity contribution in [2.24, 2.45) is 0 Å². The van der Waals surface area contributed by atoms with Crippen LogP contribution in [0.5, 0.6) is 0 Å². The van der Waals surface area contributed by atoms with Gasteiger partial charge in [-0.25, -0.2) is 43.9 Å². The highest BCUT2D eigenvalue weighted by atomic mass is 19.2. The lowest BCUT2D eigenvalue weighted by Crippen LogP contribution is -2.04. The van der Waals surface area contributed by atoms with Crippen molar-refractivity contribution < 1.29 is 43.9 Å². The molecule has 0 spiro atoms. The Kier molecular flexibility index (Phi) is 6.32. The Morgan fingerprint density at radius 2 is 0.625 bits per heavy atom. The van der Waals surface area contributed by atoms with Gasteiger partial charge < -0.3 is 0 Å². The van der Waals surface area contributed by atoms with Crippen LogP contribution in [0.3, 0.4) is 0 Å². The quantitative estimate of drug-likeness (QED) is 0.261. The maximum Gasteiger partial charge on any atom is 0.200 e. The summed E-state index contributed by atoms with van der Waals surface area (Å²) >= 11 is 0. The Hall–Kier alpha value is -3.70. The summed E-state index contributed by atoms with van der Waals surface area (Å²) in [6.45, 7) is 0. The average molecular weight is 464 g/mol. The Bertz CT molecular complexity index is 1110. The Balaban J connectivity index is 1.86. The van der Waals surface area contributed by atoms with Gasteiger partial charge in [-0.3, -0.25) is 9.97 Å². The molecule has 0 atom stereocenters. The molecule has 32 heavy (non-hydrogen) atoms. The monoisotopic (exact) mass is 464 g/mol. The average Bonchev–Trinajstić information content (AvgIpc) is 2.79. The summed E-state index contributed by atoms with van der Waals surface area (Å²) in [5.74, 6) is -21.4. The van der Waals surface area contributed by atoms with Crippen LogP contribution in [0.4, 0.5) is 43.9 Å². The SMILES string of the molecule is Fc1c(F)c(F)c(/C=C/c2cnc(/C=C/c3c(F)c(F)c(F)c(F)c3F)cn2)c(F)c1F. The second-order valence-corrected chi connectivity index (χ2v) is 6.00. The van der Waals surface area contributed by atoms with Gasteiger partial charge in [-0.05, 0) is 24.3 Å². The maximum absolute atomic E-state index is 13.6. The molecular formula is C20H6F10N2. The lowest BCUT2D eigenvalue weighted by Gasteiger charge is -2.04. The van der Waals surface area contributed by atoms with E-state index < -0.39 is 69.3 Å². The van der Waals surface area contributed by atoms with Crippen molar-refractivity contribution in [3.05, 3.63) is 93.1 Å². The predicted octanol–water partition coefficient (Wildman–Crippen LogP) is 6.21. The molecule has 0 fully saturated rings. The molecule has 12 heteroatoms. The Labute approximate surface area is 172 Å². The van der Waals surface area contributed by atoms with Gasteiger partial charge in [0, 0.05) is 0 Å². The molecule has 0 unspecified atom stereocenters. The van der Waals surface area contributed by atoms with E-state index in [0.29, 0.717) is 12.2 Å². The third-order valence-electron chi connectivity index (χ3n) is 4.02. The molecule has 3 aromatic rings. The molecule has 0 radical (unpaired) electrons. The van der Waals surface area contributed by atoms with E-state index in [-0.39, 0.29) is 11.4 Å². The highest BCUT2D eigenvalue weighted by Crippen LogP contribution is 2.26. The van der Waals surface area contributed by atoms with Crippen LogP contribution in [0.25, 0.3) is 24.3 Å². The molecule has 1 heterocycles. The molecule has 0 bridgehead atoms. The van der Waals surface area contributed by atoms with E-state index in [4.69, 9.17) is 0 Å². The van der Waals surface area contributed by atoms with E-state index in [1.807, 2.05) is 0 Å². The highest BCUT2D eigenvalue weighted by molar-refractivity contribution is 5.70. The molecule has 3 rings (SSSR count). The summed E-state index contributed by atoms with van der Waals surface area (Å²) in [6.07, 6.45) is 4.74. The van der Waals surface area contributed by atoms with Crippen LogP contribution in [0.15, 0.2) is 12.4 Å². The minimum Gasteiger partial charge on any atom is -0.253 e. The highest BCUT2D eigenvalue weighted by Gasteiger charge is 2.25. The third kappa shape index (κ3) is 4.07. The van der Waals surface area contributed by atoms with E-state index >= 15 is 0 Å². The minimum atomic E-state index is -2.32. The van der Waals surface area contributed by atoms with Gasteiger partial charge in [-0.1, -0.05) is 0 Å². The Morgan fingerprint density at radius 1 is 0.375 bits per heavy atom. The molecule has 2 nitrogen and oxygen atoms in total. The smallest absolute Gasteiger partial charge is 0.200 e. The second-order valence-electron chi connectivity index (χ2n) is 6.00. The second kappa shape index (κ2) is 8.81. The van der Waals surface area contributed by atoms with Crippen LogP contribution in [0.1, 0.15) is 22.5 Å². The molecule has 166 valence electrons. The van der Waals surface area contributed by atoms with Gasteiger partial charge in [0.1, 0.15) is 0 Å². The minimum absolute atomic E-state index is 0.123. The largest absolute Gasteiger partial charge is 0.253 e. The zero-order valence-electron chi connectivity index (χ0n) is 15.1. The van der Waals surface area contributed by atoms with Crippen molar-refractivity contribution in [3.8, 4) is 0 Å². The summed E-state index contributed by atoms with van der Waals surface area (Å²) in [7, 11) is 0. The fourth-order valence-corrected chi connectivity index (χ4v) is 2.39. The van der Waals surface area contributed by atoms with Crippen LogP contribution in [-0.4, -0.2) is 9.97 Å². The van der Waals surface area contributed by atoms with Crippen molar-refractivity contribution in [2.75, 3.05) is 0 Å². The fraction of sp³-hybridized carbons (Fsp3) is 0. The number of nitrogens with zero attached hydrogens (tertiary/aromatic N) is 2. The van der Waals surface area contributed by atoms with Crippen LogP contribution >= 0.6 is 0 Å². The van der Waals surface area contributed by atoms with Gasteiger partial charge in [0.05, 0.1) is 34.9 Å². The van der Waals surface area contributed by atoms with Crippen LogP contribution in [0.2, 0.25) is 0 Å². The van der Waals surface area contributed by atoms with Gasteiger partial charge in [0.25, 0.3) is 0 Å². The van der Waals surface area contributed by atoms with E-state index in [9.17, 15) is 43.9 Å². The van der Waals surface area contributed by atoms with E-state index in [1.165, 1.54) is 0 Å². The summed E-state index contributed by atoms with van der Waals surface area (Å²) in [5, 5.41) is 0. The van der Waals surface area contributed by atoms with Gasteiger partial charge in [0.2, 0.25) is 11.6 Å². The number of hydrogen-bond donors (Lipinski definition) is 0. The molecule has 0 amide bonds. The topological polar surface area (TPSA) is 25.8 Å². The maximum atomic E-state index is 13.6. The number of aromatic nitrogens is 2. The summed E-state index contributed by atoms with van der Waals surface area (Å²) in [6, 6.07) is 0. The predicted molar refractivity (Wildman–Crippen MR) is 92.4 cm³/mol. The number of rotatable bonds is 4. The van der Waals surface area contributed by atoms with Crippen molar-refractivity contribution in [1.29, 1.82) is 0 Å². The van der Waals surface area contributed by atoms with Gasteiger partial charge in [-0.15, -0.1) is 0 Å². The Morgan fingerprint density at radius 3 is 0.875 bits per heavy atom. The van der Waals surface area contributed by atoms with Crippen LogP contribution < -0.4 is 0 Å². The normalized spacial score (nSPS) is 11.8. The molecule has 0 N–H and O–H groups in total. The molecular weight excluding hydrogens is 458 g/mol. The molecule has 0 saturated heterocycles. The zero-order chi connectivity index (χ0) is 23.7. The standard InChI is InChI=1S/C20H6F10N2/c21-11-9(12(22)16(26)19(29)15(11)25)3-1-7-5-32-8(6-31-7)2-4-10-13(23)17(27)20(30)18(28)14(10)24/h1-6H/b3-1+,4-2+. The first kappa shape index (κ1) is 23.0. The lowest BCUT2D eigenvalue weighted by atomic mass is 10.1. The van der Waals surface area contributed by atoms with E-state index in [0.717, 1.165) is 24.5 Å². The third-order valence-corrected chi connectivity index (χ3v) is 4.02. The molecule has 2 aromatic carbocycles. The van der Waals surface area contributed by atoms with E-state index in [2.05, 4.69) is 9.97 Å².